The predicted octanol–water partition coefficient (Wildman–Crippen LogP) is 4.43. The average Bonchev–Trinajstić information content (AvgIpc) is 2.99. The number of benzene rings is 2. The molecule has 2 aromatic carbocycles. The summed E-state index contributed by atoms with van der Waals surface area (Å²) in [6.45, 7) is 3.52. The zero-order chi connectivity index (χ0) is 23.5. The van der Waals surface area contributed by atoms with Gasteiger partial charge in [0.1, 0.15) is 6.54 Å². The van der Waals surface area contributed by atoms with Gasteiger partial charge in [0.05, 0.1) is 18.2 Å². The molecule has 168 valence electrons. The molecule has 0 aliphatic heterocycles. The van der Waals surface area contributed by atoms with Gasteiger partial charge >= 0.3 is 0 Å². The minimum Gasteiger partial charge on any atom is -0.318 e. The van der Waals surface area contributed by atoms with E-state index < -0.39 is 22.5 Å². The van der Waals surface area contributed by atoms with Gasteiger partial charge in [-0.05, 0) is 62.4 Å². The second-order valence-corrected chi connectivity index (χ2v) is 10.4. The molecule has 1 amide bonds. The Hall–Kier alpha value is -2.62. The second-order valence-electron chi connectivity index (χ2n) is 7.18. The topological polar surface area (TPSA) is 83.8 Å². The minimum atomic E-state index is -3.69. The summed E-state index contributed by atoms with van der Waals surface area (Å²) in [5.74, 6) is -0.576. The number of hydrogen-bond acceptors (Lipinski definition) is 4. The second kappa shape index (κ2) is 9.89. The molecule has 0 fully saturated rings. The molecule has 10 heteroatoms. The first kappa shape index (κ1) is 24.0. The molecular formula is C22H22BrClN4O3S. The smallest absolute Gasteiger partial charge is 0.260 e. The maximum Gasteiger partial charge on any atom is 0.260 e. The van der Waals surface area contributed by atoms with Crippen LogP contribution >= 0.6 is 27.5 Å². The Morgan fingerprint density at radius 2 is 1.88 bits per heavy atom. The van der Waals surface area contributed by atoms with E-state index in [1.54, 1.807) is 24.4 Å². The van der Waals surface area contributed by atoms with Crippen LogP contribution in [0.5, 0.6) is 0 Å². The zero-order valence-corrected chi connectivity index (χ0v) is 20.9. The maximum atomic E-state index is 12.4. The van der Waals surface area contributed by atoms with Crippen molar-refractivity contribution in [1.82, 2.24) is 9.99 Å². The largest absolute Gasteiger partial charge is 0.318 e. The molecular weight excluding hydrogens is 516 g/mol. The molecule has 1 aromatic heterocycles. The fraction of sp³-hybridized carbons (Fsp3) is 0.182. The van der Waals surface area contributed by atoms with Crippen molar-refractivity contribution in [2.75, 3.05) is 17.1 Å². The zero-order valence-electron chi connectivity index (χ0n) is 17.7. The Bertz CT molecular complexity index is 1270. The lowest BCUT2D eigenvalue weighted by atomic mass is 10.2. The van der Waals surface area contributed by atoms with Crippen LogP contribution in [0.4, 0.5) is 5.69 Å². The standard InChI is InChI=1S/C22H22BrClN4O3S/c1-15-11-17(16(2)28(15)20-9-7-18(23)8-10-20)13-25-26-22(29)14-27(32(3,30)31)21-6-4-5-19(24)12-21/h4-13H,14H2,1-3H3,(H,26,29)/b25-13-. The van der Waals surface area contributed by atoms with Gasteiger partial charge in [0.2, 0.25) is 10.0 Å². The van der Waals surface area contributed by atoms with Crippen LogP contribution in [0.15, 0.2) is 64.2 Å². The van der Waals surface area contributed by atoms with Gasteiger partial charge in [-0.1, -0.05) is 33.6 Å². The molecule has 0 aliphatic carbocycles. The van der Waals surface area contributed by atoms with E-state index in [1.807, 2.05) is 44.2 Å². The van der Waals surface area contributed by atoms with E-state index in [2.05, 4.69) is 31.0 Å². The van der Waals surface area contributed by atoms with Crippen LogP contribution in [0, 0.1) is 13.8 Å². The van der Waals surface area contributed by atoms with Gasteiger partial charge in [0, 0.05) is 32.1 Å². The van der Waals surface area contributed by atoms with Crippen molar-refractivity contribution in [2.45, 2.75) is 13.8 Å². The highest BCUT2D eigenvalue weighted by Gasteiger charge is 2.21. The highest BCUT2D eigenvalue weighted by molar-refractivity contribution is 9.10. The Balaban J connectivity index is 1.73. The fourth-order valence-electron chi connectivity index (χ4n) is 3.28. The number of amides is 1. The van der Waals surface area contributed by atoms with Crippen molar-refractivity contribution in [3.05, 3.63) is 81.0 Å². The maximum absolute atomic E-state index is 12.4. The molecule has 0 unspecified atom stereocenters. The summed E-state index contributed by atoms with van der Waals surface area (Å²) in [7, 11) is -3.69. The predicted molar refractivity (Wildman–Crippen MR) is 132 cm³/mol. The van der Waals surface area contributed by atoms with E-state index in [4.69, 9.17) is 11.6 Å². The van der Waals surface area contributed by atoms with Gasteiger partial charge in [-0.15, -0.1) is 0 Å². The summed E-state index contributed by atoms with van der Waals surface area (Å²) < 4.78 is 28.4. The van der Waals surface area contributed by atoms with Crippen molar-refractivity contribution in [3.8, 4) is 5.69 Å². The summed E-state index contributed by atoms with van der Waals surface area (Å²) >= 11 is 9.40. The normalized spacial score (nSPS) is 11.7. The number of anilines is 1. The average molecular weight is 538 g/mol. The highest BCUT2D eigenvalue weighted by Crippen LogP contribution is 2.22. The SMILES string of the molecule is Cc1cc(/C=N\NC(=O)CN(c2cccc(Cl)c2)S(C)(=O)=O)c(C)n1-c1ccc(Br)cc1. The Kier molecular flexibility index (Phi) is 7.43. The van der Waals surface area contributed by atoms with Crippen LogP contribution in [0.3, 0.4) is 0 Å². The number of halogens is 2. The number of sulfonamides is 1. The van der Waals surface area contributed by atoms with Crippen LogP contribution in [0.25, 0.3) is 5.69 Å². The first-order valence-electron chi connectivity index (χ1n) is 9.56. The molecule has 0 saturated heterocycles. The number of carbonyl (C=O) groups excluding carboxylic acids is 1. The van der Waals surface area contributed by atoms with Crippen LogP contribution < -0.4 is 9.73 Å². The van der Waals surface area contributed by atoms with Gasteiger partial charge in [0.25, 0.3) is 5.91 Å². The Morgan fingerprint density at radius 3 is 2.50 bits per heavy atom. The monoisotopic (exact) mass is 536 g/mol. The van der Waals surface area contributed by atoms with Crippen LogP contribution in [0.1, 0.15) is 17.0 Å². The lowest BCUT2D eigenvalue weighted by molar-refractivity contribution is -0.119. The Labute approximate surface area is 200 Å². The van der Waals surface area contributed by atoms with Crippen molar-refractivity contribution in [2.24, 2.45) is 5.10 Å². The molecule has 3 rings (SSSR count). The first-order valence-corrected chi connectivity index (χ1v) is 12.6. The van der Waals surface area contributed by atoms with Crippen molar-refractivity contribution >= 4 is 55.4 Å². The van der Waals surface area contributed by atoms with Crippen molar-refractivity contribution in [1.29, 1.82) is 0 Å². The molecule has 1 heterocycles. The third-order valence-corrected chi connectivity index (χ3v) is 6.64. The van der Waals surface area contributed by atoms with Crippen molar-refractivity contribution < 1.29 is 13.2 Å². The molecule has 1 N–H and O–H groups in total. The van der Waals surface area contributed by atoms with E-state index in [0.717, 1.165) is 37.7 Å². The van der Waals surface area contributed by atoms with Gasteiger partial charge in [-0.3, -0.25) is 9.10 Å². The third kappa shape index (κ3) is 5.79. The number of carbonyl (C=O) groups is 1. The summed E-state index contributed by atoms with van der Waals surface area (Å²) in [6, 6.07) is 16.2. The molecule has 0 saturated carbocycles. The number of aromatic nitrogens is 1. The number of hydrazone groups is 1. The van der Waals surface area contributed by atoms with Crippen molar-refractivity contribution in [3.63, 3.8) is 0 Å². The summed E-state index contributed by atoms with van der Waals surface area (Å²) in [5.41, 5.74) is 6.52. The minimum absolute atomic E-state index is 0.303. The highest BCUT2D eigenvalue weighted by atomic mass is 79.9. The Morgan fingerprint density at radius 1 is 1.19 bits per heavy atom. The van der Waals surface area contributed by atoms with E-state index in [1.165, 1.54) is 6.07 Å². The number of hydrogen-bond donors (Lipinski definition) is 1. The molecule has 0 bridgehead atoms. The molecule has 3 aromatic rings. The van der Waals surface area contributed by atoms with Gasteiger partial charge < -0.3 is 4.57 Å². The van der Waals surface area contributed by atoms with Gasteiger partial charge in [-0.25, -0.2) is 13.8 Å². The summed E-state index contributed by atoms with van der Waals surface area (Å²) in [6.07, 6.45) is 2.57. The molecule has 0 atom stereocenters. The van der Waals surface area contributed by atoms with E-state index in [-0.39, 0.29) is 0 Å². The molecule has 0 radical (unpaired) electrons. The number of nitrogens with zero attached hydrogens (tertiary/aromatic N) is 3. The fourth-order valence-corrected chi connectivity index (χ4v) is 4.57. The lowest BCUT2D eigenvalue weighted by Gasteiger charge is -2.21. The van der Waals surface area contributed by atoms with E-state index in [9.17, 15) is 13.2 Å². The lowest BCUT2D eigenvalue weighted by Crippen LogP contribution is -2.39. The van der Waals surface area contributed by atoms with Crippen LogP contribution in [-0.2, 0) is 14.8 Å². The number of aryl methyl sites for hydroxylation is 1. The quantitative estimate of drug-likeness (QED) is 0.358. The summed E-state index contributed by atoms with van der Waals surface area (Å²) in [4.78, 5) is 12.4. The van der Waals surface area contributed by atoms with Crippen LogP contribution in [-0.4, -0.2) is 37.9 Å². The summed E-state index contributed by atoms with van der Waals surface area (Å²) in [5, 5.41) is 4.39. The van der Waals surface area contributed by atoms with Gasteiger partial charge in [-0.2, -0.15) is 5.10 Å². The molecule has 7 nitrogen and oxygen atoms in total. The number of nitrogens with one attached hydrogen (secondary N) is 1. The van der Waals surface area contributed by atoms with Crippen LogP contribution in [0.2, 0.25) is 5.02 Å². The molecule has 0 aliphatic rings. The number of rotatable bonds is 7. The molecule has 0 spiro atoms. The van der Waals surface area contributed by atoms with E-state index in [0.29, 0.717) is 10.7 Å². The first-order chi connectivity index (χ1) is 15.1. The third-order valence-electron chi connectivity index (χ3n) is 4.73. The van der Waals surface area contributed by atoms with Gasteiger partial charge in [0.15, 0.2) is 0 Å². The van der Waals surface area contributed by atoms with E-state index >= 15 is 0 Å². The molecule has 32 heavy (non-hydrogen) atoms.